The monoisotopic (exact) mass is 1520 g/mol. The second-order valence-electron chi connectivity index (χ2n) is 32.9. The number of unbranched alkanes of at least 4 members (excludes halogenated alkanes) is 11. The molecular formula is C98H128N4O10. The molecule has 0 bridgehead atoms. The standard InChI is InChI=1S/C33H37NO4.C27H35NO2.C19H31NO2.C19H25NO2/c1-4-5-6-7-8-9-10-25-11-13-26(14-12-25)27-15-17-28(18-16-27)32(35)37-30-21-19-29(20-22-30)33(36)38-31(23-34)24(2)3;1-4-5-6-7-8-9-10-11-22-12-14-23(15-13-22)24-16-18-25(19-17-24)27(29)30-26(20-28)21(2)3;2*1-13(2)18(12-20)22-19(21)17-10-8-16(9-11-17)15-6-4-14(3)5-7-15/h11-22,24,31H,4-10H2,1-3H3;12-19,21,26H,4-11H2,1-3H3;13-18H,4-11H2,1-3H3;8-11,13-15,18H,4-7H2,1-3H3. The summed E-state index contributed by atoms with van der Waals surface area (Å²) in [6.07, 6.45) is 31.3. The summed E-state index contributed by atoms with van der Waals surface area (Å²) in [6, 6.07) is 54.0. The predicted octanol–water partition coefficient (Wildman–Crippen LogP) is 24.9. The van der Waals surface area contributed by atoms with E-state index in [-0.39, 0.29) is 41.1 Å². The first-order valence-corrected chi connectivity index (χ1v) is 42.2. The van der Waals surface area contributed by atoms with Gasteiger partial charge in [0.1, 0.15) is 30.0 Å². The number of hydrogen-bond acceptors (Lipinski definition) is 14. The summed E-state index contributed by atoms with van der Waals surface area (Å²) in [5, 5.41) is 36.3. The summed E-state index contributed by atoms with van der Waals surface area (Å²) in [7, 11) is 0. The van der Waals surface area contributed by atoms with E-state index in [1.807, 2.05) is 122 Å². The van der Waals surface area contributed by atoms with E-state index in [4.69, 9.17) is 44.7 Å². The Morgan fingerprint density at radius 3 is 0.964 bits per heavy atom. The minimum Gasteiger partial charge on any atom is -0.446 e. The number of benzene rings is 6. The van der Waals surface area contributed by atoms with Crippen molar-refractivity contribution in [3.63, 3.8) is 0 Å². The molecule has 4 atom stereocenters. The molecule has 4 unspecified atom stereocenters. The number of hydrogen-bond donors (Lipinski definition) is 0. The van der Waals surface area contributed by atoms with Crippen molar-refractivity contribution in [3.8, 4) is 52.3 Å². The zero-order valence-electron chi connectivity index (χ0n) is 69.4. The number of ether oxygens (including phenoxy) is 5. The van der Waals surface area contributed by atoms with Gasteiger partial charge < -0.3 is 23.7 Å². The van der Waals surface area contributed by atoms with Gasteiger partial charge in [-0.1, -0.05) is 264 Å². The summed E-state index contributed by atoms with van der Waals surface area (Å²) in [4.78, 5) is 61.4. The van der Waals surface area contributed by atoms with Crippen molar-refractivity contribution in [1.82, 2.24) is 0 Å². The lowest BCUT2D eigenvalue weighted by molar-refractivity contribution is -0.154. The lowest BCUT2D eigenvalue weighted by Crippen LogP contribution is -2.31. The molecule has 112 heavy (non-hydrogen) atoms. The summed E-state index contributed by atoms with van der Waals surface area (Å²) in [6.45, 7) is 24.1. The average molecular weight is 1520 g/mol. The van der Waals surface area contributed by atoms with Gasteiger partial charge in [0.25, 0.3) is 0 Å². The maximum Gasteiger partial charge on any atom is 0.343 e. The molecule has 0 amide bonds. The Bertz CT molecular complexity index is 3930. The number of aryl methyl sites for hydroxylation is 2. The maximum atomic E-state index is 12.6. The highest BCUT2D eigenvalue weighted by atomic mass is 16.6. The first-order valence-electron chi connectivity index (χ1n) is 42.2. The zero-order chi connectivity index (χ0) is 81.3. The van der Waals surface area contributed by atoms with E-state index in [0.717, 1.165) is 84.5 Å². The highest BCUT2D eigenvalue weighted by molar-refractivity contribution is 5.93. The molecule has 0 saturated heterocycles. The number of carbonyl (C=O) groups excluding carboxylic acids is 5. The smallest absolute Gasteiger partial charge is 0.343 e. The van der Waals surface area contributed by atoms with Crippen LogP contribution >= 0.6 is 0 Å². The average Bonchev–Trinajstić information content (AvgIpc) is 0.856. The molecule has 14 heteroatoms. The minimum atomic E-state index is -0.814. The van der Waals surface area contributed by atoms with Crippen molar-refractivity contribution < 1.29 is 47.7 Å². The van der Waals surface area contributed by atoms with E-state index in [2.05, 4.69) is 82.3 Å². The van der Waals surface area contributed by atoms with Gasteiger partial charge in [0.15, 0.2) is 24.4 Å². The molecule has 14 nitrogen and oxygen atoms in total. The van der Waals surface area contributed by atoms with Crippen molar-refractivity contribution in [1.29, 1.82) is 21.0 Å². The summed E-state index contributed by atoms with van der Waals surface area (Å²) in [5.74, 6) is 2.24. The third-order valence-corrected chi connectivity index (χ3v) is 22.3. The van der Waals surface area contributed by atoms with E-state index >= 15 is 0 Å². The summed E-state index contributed by atoms with van der Waals surface area (Å²) < 4.78 is 26.6. The molecule has 600 valence electrons. The molecule has 0 aromatic heterocycles. The summed E-state index contributed by atoms with van der Waals surface area (Å²) >= 11 is 0. The van der Waals surface area contributed by atoms with Crippen molar-refractivity contribution in [3.05, 3.63) is 185 Å². The van der Waals surface area contributed by atoms with Crippen LogP contribution < -0.4 is 4.74 Å². The molecule has 0 N–H and O–H groups in total. The molecule has 9 rings (SSSR count). The van der Waals surface area contributed by atoms with Crippen LogP contribution in [0, 0.1) is 98.6 Å². The normalized spacial score (nSPS) is 18.2. The lowest BCUT2D eigenvalue weighted by atomic mass is 9.69. The summed E-state index contributed by atoms with van der Waals surface area (Å²) in [5.41, 5.74) is 10.1. The van der Waals surface area contributed by atoms with Crippen LogP contribution in [-0.2, 0) is 36.6 Å². The molecule has 6 aromatic rings. The SMILES string of the molecule is CC1CCC(C2CCC(C(=O)OC(C#N)C(C)C)CC2)CC1.CC1CCC(c2ccc(C(=O)OC(C#N)C(C)C)cc2)CC1.CCCCCCCCCc1ccc(-c2ccc(C(=O)OC(C#N)C(C)C)cc2)cc1.CCCCCCCCc1ccc(-c2ccc(C(=O)Oc3ccc(C(=O)OC(C#N)C(C)C)cc3)cc2)cc1. The number of carbonyl (C=O) groups is 5. The van der Waals surface area contributed by atoms with Gasteiger partial charge in [-0.3, -0.25) is 4.79 Å². The van der Waals surface area contributed by atoms with Crippen LogP contribution in [0.25, 0.3) is 22.3 Å². The first-order chi connectivity index (χ1) is 54.0. The first kappa shape index (κ1) is 91.5. The second-order valence-corrected chi connectivity index (χ2v) is 32.9. The van der Waals surface area contributed by atoms with E-state index in [0.29, 0.717) is 28.4 Å². The fourth-order valence-corrected chi connectivity index (χ4v) is 14.6. The number of rotatable bonds is 33. The highest BCUT2D eigenvalue weighted by Gasteiger charge is 2.34. The van der Waals surface area contributed by atoms with Crippen LogP contribution in [0.15, 0.2) is 146 Å². The van der Waals surface area contributed by atoms with Crippen molar-refractivity contribution in [2.45, 2.75) is 287 Å². The number of nitrogens with zero attached hydrogens (tertiary/aromatic N) is 4. The molecule has 3 saturated carbocycles. The zero-order valence-corrected chi connectivity index (χ0v) is 69.4. The molecule has 0 radical (unpaired) electrons. The molecule has 0 aliphatic heterocycles. The minimum absolute atomic E-state index is 0.00236. The second kappa shape index (κ2) is 49.9. The molecule has 3 fully saturated rings. The van der Waals surface area contributed by atoms with Gasteiger partial charge >= 0.3 is 29.8 Å². The van der Waals surface area contributed by atoms with Crippen LogP contribution in [0.3, 0.4) is 0 Å². The van der Waals surface area contributed by atoms with E-state index in [9.17, 15) is 24.0 Å². The topological polar surface area (TPSA) is 227 Å². The van der Waals surface area contributed by atoms with Crippen molar-refractivity contribution in [2.75, 3.05) is 0 Å². The molecule has 3 aliphatic rings. The molecular weight excluding hydrogens is 1390 g/mol. The van der Waals surface area contributed by atoms with Gasteiger partial charge in [-0.2, -0.15) is 21.0 Å². The quantitative estimate of drug-likeness (QED) is 0.0162. The molecule has 0 heterocycles. The van der Waals surface area contributed by atoms with Gasteiger partial charge in [0.05, 0.1) is 28.2 Å². The Morgan fingerprint density at radius 1 is 0.339 bits per heavy atom. The number of esters is 5. The van der Waals surface area contributed by atoms with Gasteiger partial charge in [-0.15, -0.1) is 0 Å². The van der Waals surface area contributed by atoms with Crippen LogP contribution in [-0.4, -0.2) is 54.3 Å². The van der Waals surface area contributed by atoms with Gasteiger partial charge in [0.2, 0.25) is 0 Å². The van der Waals surface area contributed by atoms with E-state index in [1.54, 1.807) is 24.3 Å². The number of nitriles is 4. The Hall–Kier alpha value is -9.37. The van der Waals surface area contributed by atoms with Crippen LogP contribution in [0.5, 0.6) is 5.75 Å². The van der Waals surface area contributed by atoms with Crippen LogP contribution in [0.1, 0.15) is 308 Å². The van der Waals surface area contributed by atoms with Gasteiger partial charge in [-0.05, 0) is 206 Å². The van der Waals surface area contributed by atoms with Crippen molar-refractivity contribution in [2.24, 2.45) is 53.3 Å². The predicted molar refractivity (Wildman–Crippen MR) is 447 cm³/mol. The fraction of sp³-hybridized carbons (Fsp3) is 0.541. The molecule has 0 spiro atoms. The Morgan fingerprint density at radius 2 is 0.625 bits per heavy atom. The van der Waals surface area contributed by atoms with Gasteiger partial charge in [0, 0.05) is 23.7 Å². The molecule has 6 aromatic carbocycles. The largest absolute Gasteiger partial charge is 0.446 e. The van der Waals surface area contributed by atoms with E-state index < -0.39 is 48.3 Å². The highest BCUT2D eigenvalue weighted by Crippen LogP contribution is 2.42. The van der Waals surface area contributed by atoms with E-state index in [1.165, 1.54) is 176 Å². The van der Waals surface area contributed by atoms with Crippen LogP contribution in [0.4, 0.5) is 0 Å². The Labute approximate surface area is 671 Å². The fourth-order valence-electron chi connectivity index (χ4n) is 14.6. The maximum absolute atomic E-state index is 12.6. The Kier molecular flexibility index (Phi) is 40.8. The lowest BCUT2D eigenvalue weighted by Gasteiger charge is -2.36. The van der Waals surface area contributed by atoms with Gasteiger partial charge in [-0.25, -0.2) is 19.2 Å². The van der Waals surface area contributed by atoms with Crippen LogP contribution in [0.2, 0.25) is 0 Å². The molecule has 3 aliphatic carbocycles. The van der Waals surface area contributed by atoms with Crippen molar-refractivity contribution >= 4 is 29.8 Å². The Balaban J connectivity index is 0.000000239. The third kappa shape index (κ3) is 31.7. The third-order valence-electron chi connectivity index (χ3n) is 22.3.